The molecule has 3 aromatic rings. The highest BCUT2D eigenvalue weighted by Crippen LogP contribution is 2.34. The van der Waals surface area contributed by atoms with Crippen LogP contribution in [0.2, 0.25) is 0 Å². The van der Waals surface area contributed by atoms with Crippen molar-refractivity contribution in [3.8, 4) is 11.3 Å². The molecule has 2 amide bonds. The van der Waals surface area contributed by atoms with Gasteiger partial charge < -0.3 is 9.80 Å². The molecule has 3 heterocycles. The number of aromatic nitrogens is 1. The minimum atomic E-state index is -0.340. The second-order valence-electron chi connectivity index (χ2n) is 7.48. The fraction of sp³-hybridized carbons (Fsp3) is 0.227. The molecule has 2 saturated heterocycles. The zero-order valence-corrected chi connectivity index (χ0v) is 18.1. The van der Waals surface area contributed by atoms with Crippen molar-refractivity contribution in [3.05, 3.63) is 52.9 Å². The average molecular weight is 437 g/mol. The lowest BCUT2D eigenvalue weighted by Crippen LogP contribution is -2.44. The van der Waals surface area contributed by atoms with Crippen molar-refractivity contribution >= 4 is 56.3 Å². The van der Waals surface area contributed by atoms with E-state index in [9.17, 15) is 9.59 Å². The molecule has 8 heteroatoms. The van der Waals surface area contributed by atoms with Crippen LogP contribution in [0.4, 0.5) is 10.5 Å². The third-order valence-corrected chi connectivity index (χ3v) is 7.08. The van der Waals surface area contributed by atoms with Gasteiger partial charge in [0.2, 0.25) is 0 Å². The Morgan fingerprint density at radius 2 is 1.80 bits per heavy atom. The quantitative estimate of drug-likeness (QED) is 0.625. The van der Waals surface area contributed by atoms with Gasteiger partial charge in [0.15, 0.2) is 0 Å². The van der Waals surface area contributed by atoms with Crippen molar-refractivity contribution in [3.63, 3.8) is 0 Å². The topological polar surface area (TPSA) is 65.5 Å². The van der Waals surface area contributed by atoms with Gasteiger partial charge in [-0.1, -0.05) is 18.2 Å². The molecule has 2 fully saturated rings. The van der Waals surface area contributed by atoms with Crippen LogP contribution in [-0.4, -0.2) is 53.6 Å². The highest BCUT2D eigenvalue weighted by molar-refractivity contribution is 8.18. The molecule has 0 spiro atoms. The van der Waals surface area contributed by atoms with Crippen molar-refractivity contribution in [1.82, 2.24) is 14.6 Å². The maximum atomic E-state index is 11.8. The molecule has 30 heavy (non-hydrogen) atoms. The molecule has 0 unspecified atom stereocenters. The highest BCUT2D eigenvalue weighted by Gasteiger charge is 2.25. The van der Waals surface area contributed by atoms with Gasteiger partial charge in [-0.05, 0) is 66.2 Å². The number of nitrogens with one attached hydrogen (secondary N) is 1. The number of amides is 2. The highest BCUT2D eigenvalue weighted by atomic mass is 32.2. The third-order valence-electron chi connectivity index (χ3n) is 5.44. The number of hydrogen-bond acceptors (Lipinski definition) is 7. The summed E-state index contributed by atoms with van der Waals surface area (Å²) in [5.41, 5.74) is 4.14. The van der Waals surface area contributed by atoms with Crippen LogP contribution in [0.3, 0.4) is 0 Å². The largest absolute Gasteiger partial charge is 0.369 e. The number of nitrogens with zero attached hydrogens (tertiary/aromatic N) is 3. The van der Waals surface area contributed by atoms with Gasteiger partial charge in [0.25, 0.3) is 11.1 Å². The molecule has 0 saturated carbocycles. The first-order valence-electron chi connectivity index (χ1n) is 9.75. The van der Waals surface area contributed by atoms with E-state index in [0.29, 0.717) is 4.91 Å². The summed E-state index contributed by atoms with van der Waals surface area (Å²) < 4.78 is 5.77. The number of fused-ring (bicyclic) bond motifs is 1. The molecule has 152 valence electrons. The molecule has 2 aliphatic heterocycles. The SMILES string of the molecule is CN1CCN(c2ccc(-c3nsc4ccc(/C=C5\SC(=O)NC5=O)cc34)cc2)CC1. The van der Waals surface area contributed by atoms with Crippen LogP contribution >= 0.6 is 23.3 Å². The van der Waals surface area contributed by atoms with Crippen molar-refractivity contribution < 1.29 is 9.59 Å². The van der Waals surface area contributed by atoms with E-state index < -0.39 is 0 Å². The Labute approximate surface area is 182 Å². The molecule has 2 aliphatic rings. The number of carbonyl (C=O) groups excluding carboxylic acids is 2. The van der Waals surface area contributed by atoms with Crippen LogP contribution in [0.5, 0.6) is 0 Å². The zero-order chi connectivity index (χ0) is 20.7. The van der Waals surface area contributed by atoms with Gasteiger partial charge >= 0.3 is 0 Å². The number of piperazine rings is 1. The van der Waals surface area contributed by atoms with Crippen LogP contribution in [0.1, 0.15) is 5.56 Å². The molecule has 0 aliphatic carbocycles. The predicted octanol–water partition coefficient (Wildman–Crippen LogP) is 4.04. The van der Waals surface area contributed by atoms with Crippen molar-refractivity contribution in [2.24, 2.45) is 0 Å². The maximum absolute atomic E-state index is 11.8. The molecule has 6 nitrogen and oxygen atoms in total. The van der Waals surface area contributed by atoms with Gasteiger partial charge in [0.05, 0.1) is 15.3 Å². The lowest BCUT2D eigenvalue weighted by Gasteiger charge is -2.34. The summed E-state index contributed by atoms with van der Waals surface area (Å²) in [7, 11) is 2.16. The predicted molar refractivity (Wildman–Crippen MR) is 124 cm³/mol. The number of imide groups is 1. The maximum Gasteiger partial charge on any atom is 0.290 e. The first-order chi connectivity index (χ1) is 14.6. The van der Waals surface area contributed by atoms with Gasteiger partial charge in [-0.2, -0.15) is 4.37 Å². The van der Waals surface area contributed by atoms with E-state index in [1.165, 1.54) is 17.2 Å². The Bertz CT molecular complexity index is 1160. The van der Waals surface area contributed by atoms with Crippen LogP contribution in [0.25, 0.3) is 27.4 Å². The Hall–Kier alpha value is -2.68. The number of rotatable bonds is 3. The van der Waals surface area contributed by atoms with Gasteiger partial charge in [0, 0.05) is 42.8 Å². The van der Waals surface area contributed by atoms with Gasteiger partial charge in [-0.3, -0.25) is 14.9 Å². The normalized spacial score (nSPS) is 19.1. The average Bonchev–Trinajstić information content (AvgIpc) is 3.31. The molecule has 5 rings (SSSR count). The summed E-state index contributed by atoms with van der Waals surface area (Å²) in [5.74, 6) is -0.340. The number of likely N-dealkylation sites (N-methyl/N-ethyl adjacent to an activating group) is 1. The third kappa shape index (κ3) is 3.74. The summed E-state index contributed by atoms with van der Waals surface area (Å²) in [6.45, 7) is 4.25. The molecular formula is C22H20N4O2S2. The Kier molecular flexibility index (Phi) is 5.06. The first-order valence-corrected chi connectivity index (χ1v) is 11.3. The van der Waals surface area contributed by atoms with Crippen LogP contribution in [-0.2, 0) is 4.79 Å². The van der Waals surface area contributed by atoms with E-state index in [1.807, 2.05) is 18.2 Å². The lowest BCUT2D eigenvalue weighted by molar-refractivity contribution is -0.115. The first kappa shape index (κ1) is 19.3. The summed E-state index contributed by atoms with van der Waals surface area (Å²) in [6, 6.07) is 14.6. The molecule has 1 N–H and O–H groups in total. The smallest absolute Gasteiger partial charge is 0.290 e. The molecule has 2 aromatic carbocycles. The van der Waals surface area contributed by atoms with E-state index in [4.69, 9.17) is 0 Å². The second kappa shape index (κ2) is 7.86. The molecule has 0 radical (unpaired) electrons. The molecule has 0 atom stereocenters. The van der Waals surface area contributed by atoms with Gasteiger partial charge in [-0.15, -0.1) is 0 Å². The van der Waals surface area contributed by atoms with Crippen LogP contribution in [0, 0.1) is 0 Å². The number of hydrogen-bond donors (Lipinski definition) is 1. The van der Waals surface area contributed by atoms with E-state index in [1.54, 1.807) is 6.08 Å². The van der Waals surface area contributed by atoms with E-state index in [-0.39, 0.29) is 11.1 Å². The number of anilines is 1. The standard InChI is InChI=1S/C22H20N4O2S2/c1-25-8-10-26(11-9-25)16-5-3-15(4-6-16)20-17-12-14(2-7-18(17)30-24-20)13-19-21(27)23-22(28)29-19/h2-7,12-13H,8-11H2,1H3,(H,23,27,28)/b19-13-. The summed E-state index contributed by atoms with van der Waals surface area (Å²) >= 11 is 2.40. The summed E-state index contributed by atoms with van der Waals surface area (Å²) in [6.07, 6.45) is 1.75. The monoisotopic (exact) mass is 436 g/mol. The Balaban J connectivity index is 1.44. The van der Waals surface area contributed by atoms with Gasteiger partial charge in [0.1, 0.15) is 0 Å². The zero-order valence-electron chi connectivity index (χ0n) is 16.4. The van der Waals surface area contributed by atoms with Gasteiger partial charge in [-0.25, -0.2) is 0 Å². The molecule has 0 bridgehead atoms. The minimum absolute atomic E-state index is 0.328. The molecule has 1 aromatic heterocycles. The van der Waals surface area contributed by atoms with Crippen molar-refractivity contribution in [2.45, 2.75) is 0 Å². The van der Waals surface area contributed by atoms with E-state index >= 15 is 0 Å². The number of thioether (sulfide) groups is 1. The Morgan fingerprint density at radius 3 is 2.50 bits per heavy atom. The lowest BCUT2D eigenvalue weighted by atomic mass is 10.0. The second-order valence-corrected chi connectivity index (χ2v) is 9.30. The molecular weight excluding hydrogens is 416 g/mol. The minimum Gasteiger partial charge on any atom is -0.369 e. The van der Waals surface area contributed by atoms with Crippen molar-refractivity contribution in [1.29, 1.82) is 0 Å². The Morgan fingerprint density at radius 1 is 1.03 bits per heavy atom. The van der Waals surface area contributed by atoms with Crippen LogP contribution < -0.4 is 10.2 Å². The van der Waals surface area contributed by atoms with Crippen molar-refractivity contribution in [2.75, 3.05) is 38.1 Å². The summed E-state index contributed by atoms with van der Waals surface area (Å²) in [5, 5.41) is 3.02. The van der Waals surface area contributed by atoms with E-state index in [0.717, 1.165) is 64.8 Å². The number of carbonyl (C=O) groups is 2. The number of benzene rings is 2. The summed E-state index contributed by atoms with van der Waals surface area (Å²) in [4.78, 5) is 28.4. The fourth-order valence-corrected chi connectivity index (χ4v) is 5.18. The van der Waals surface area contributed by atoms with E-state index in [2.05, 4.69) is 50.8 Å². The van der Waals surface area contributed by atoms with Crippen LogP contribution in [0.15, 0.2) is 47.4 Å². The fourth-order valence-electron chi connectivity index (χ4n) is 3.72.